The second-order valence-corrected chi connectivity index (χ2v) is 6.02. The van der Waals surface area contributed by atoms with Crippen molar-refractivity contribution in [1.29, 1.82) is 0 Å². The SMILES string of the molecule is O=C(CN1CCN(Cc2ccc(Cl)cc2)CC1)c1ccco1. The third kappa shape index (κ3) is 3.97. The van der Waals surface area contributed by atoms with Crippen LogP contribution in [0, 0.1) is 0 Å². The van der Waals surface area contributed by atoms with Gasteiger partial charge in [-0.25, -0.2) is 0 Å². The quantitative estimate of drug-likeness (QED) is 0.794. The van der Waals surface area contributed by atoms with E-state index in [0.717, 1.165) is 37.7 Å². The molecule has 0 saturated carbocycles. The average molecular weight is 319 g/mol. The van der Waals surface area contributed by atoms with Gasteiger partial charge in [0.15, 0.2) is 5.76 Å². The van der Waals surface area contributed by atoms with Gasteiger partial charge < -0.3 is 4.42 Å². The Morgan fingerprint density at radius 1 is 1.05 bits per heavy atom. The topological polar surface area (TPSA) is 36.7 Å². The lowest BCUT2D eigenvalue weighted by atomic mass is 10.2. The predicted octanol–water partition coefficient (Wildman–Crippen LogP) is 2.93. The van der Waals surface area contributed by atoms with Crippen LogP contribution in [0.5, 0.6) is 0 Å². The van der Waals surface area contributed by atoms with Gasteiger partial charge in [0.05, 0.1) is 12.8 Å². The first-order chi connectivity index (χ1) is 10.7. The van der Waals surface area contributed by atoms with E-state index in [9.17, 15) is 4.79 Å². The fourth-order valence-corrected chi connectivity index (χ4v) is 2.80. The average Bonchev–Trinajstić information content (AvgIpc) is 3.06. The fourth-order valence-electron chi connectivity index (χ4n) is 2.67. The number of furan rings is 1. The number of Topliss-reactive ketones (excluding diaryl/α,β-unsaturated/α-hetero) is 1. The molecule has 0 radical (unpaired) electrons. The van der Waals surface area contributed by atoms with Crippen molar-refractivity contribution in [2.24, 2.45) is 0 Å². The third-order valence-corrected chi connectivity index (χ3v) is 4.20. The van der Waals surface area contributed by atoms with Crippen LogP contribution in [0.15, 0.2) is 47.1 Å². The molecule has 1 aromatic carbocycles. The van der Waals surface area contributed by atoms with Gasteiger partial charge in [-0.3, -0.25) is 14.6 Å². The summed E-state index contributed by atoms with van der Waals surface area (Å²) in [5, 5.41) is 0.769. The molecule has 1 saturated heterocycles. The normalized spacial score (nSPS) is 16.8. The van der Waals surface area contributed by atoms with Gasteiger partial charge in [0.2, 0.25) is 5.78 Å². The number of piperazine rings is 1. The summed E-state index contributed by atoms with van der Waals surface area (Å²) < 4.78 is 5.15. The van der Waals surface area contributed by atoms with Crippen molar-refractivity contribution in [3.8, 4) is 0 Å². The number of halogens is 1. The molecule has 1 aliphatic heterocycles. The minimum absolute atomic E-state index is 0.0520. The summed E-state index contributed by atoms with van der Waals surface area (Å²) in [5.74, 6) is 0.500. The van der Waals surface area contributed by atoms with Crippen LogP contribution in [-0.4, -0.2) is 48.3 Å². The molecular weight excluding hydrogens is 300 g/mol. The minimum Gasteiger partial charge on any atom is -0.461 e. The lowest BCUT2D eigenvalue weighted by Gasteiger charge is -2.34. The van der Waals surface area contributed by atoms with E-state index in [1.807, 2.05) is 12.1 Å². The van der Waals surface area contributed by atoms with E-state index >= 15 is 0 Å². The molecule has 0 aliphatic carbocycles. The van der Waals surface area contributed by atoms with E-state index in [1.165, 1.54) is 11.8 Å². The summed E-state index contributed by atoms with van der Waals surface area (Å²) >= 11 is 5.90. The lowest BCUT2D eigenvalue weighted by Crippen LogP contribution is -2.47. The summed E-state index contributed by atoms with van der Waals surface area (Å²) in [6, 6.07) is 11.4. The molecule has 2 heterocycles. The largest absolute Gasteiger partial charge is 0.461 e. The number of nitrogens with zero attached hydrogens (tertiary/aromatic N) is 2. The van der Waals surface area contributed by atoms with Crippen LogP contribution >= 0.6 is 11.6 Å². The smallest absolute Gasteiger partial charge is 0.211 e. The molecule has 4 nitrogen and oxygen atoms in total. The molecule has 0 unspecified atom stereocenters. The van der Waals surface area contributed by atoms with Crippen molar-refractivity contribution in [2.75, 3.05) is 32.7 Å². The van der Waals surface area contributed by atoms with Crippen LogP contribution < -0.4 is 0 Å². The monoisotopic (exact) mass is 318 g/mol. The summed E-state index contributed by atoms with van der Waals surface area (Å²) in [4.78, 5) is 16.6. The Kier molecular flexibility index (Phi) is 4.93. The molecule has 22 heavy (non-hydrogen) atoms. The van der Waals surface area contributed by atoms with E-state index in [-0.39, 0.29) is 5.78 Å². The molecule has 1 aromatic heterocycles. The van der Waals surface area contributed by atoms with Crippen LogP contribution in [0.3, 0.4) is 0 Å². The molecule has 0 bridgehead atoms. The summed E-state index contributed by atoms with van der Waals surface area (Å²) in [5.41, 5.74) is 1.27. The maximum atomic E-state index is 12.0. The number of rotatable bonds is 5. The molecule has 116 valence electrons. The Labute approximate surface area is 135 Å². The summed E-state index contributed by atoms with van der Waals surface area (Å²) in [7, 11) is 0. The van der Waals surface area contributed by atoms with Gasteiger partial charge in [-0.2, -0.15) is 0 Å². The molecule has 3 rings (SSSR count). The van der Waals surface area contributed by atoms with Crippen molar-refractivity contribution < 1.29 is 9.21 Å². The maximum absolute atomic E-state index is 12.0. The van der Waals surface area contributed by atoms with Gasteiger partial charge in [0, 0.05) is 37.7 Å². The van der Waals surface area contributed by atoms with Crippen LogP contribution in [0.4, 0.5) is 0 Å². The van der Waals surface area contributed by atoms with Gasteiger partial charge in [0.1, 0.15) is 0 Å². The third-order valence-electron chi connectivity index (χ3n) is 3.95. The van der Waals surface area contributed by atoms with Crippen molar-refractivity contribution in [2.45, 2.75) is 6.54 Å². The number of hydrogen-bond acceptors (Lipinski definition) is 4. The van der Waals surface area contributed by atoms with Gasteiger partial charge in [-0.1, -0.05) is 23.7 Å². The first-order valence-corrected chi connectivity index (χ1v) is 7.84. The zero-order valence-electron chi connectivity index (χ0n) is 12.4. The second kappa shape index (κ2) is 7.09. The van der Waals surface area contributed by atoms with Crippen LogP contribution in [0.25, 0.3) is 0 Å². The molecular formula is C17H19ClN2O2. The Bertz CT molecular complexity index is 602. The van der Waals surface area contributed by atoms with E-state index in [1.54, 1.807) is 12.1 Å². The van der Waals surface area contributed by atoms with E-state index < -0.39 is 0 Å². The molecule has 0 spiro atoms. The maximum Gasteiger partial charge on any atom is 0.211 e. The molecule has 0 amide bonds. The Morgan fingerprint density at radius 2 is 1.73 bits per heavy atom. The first-order valence-electron chi connectivity index (χ1n) is 7.46. The Balaban J connectivity index is 1.46. The molecule has 1 aliphatic rings. The fraction of sp³-hybridized carbons (Fsp3) is 0.353. The van der Waals surface area contributed by atoms with Crippen LogP contribution in [0.1, 0.15) is 16.1 Å². The van der Waals surface area contributed by atoms with Gasteiger partial charge in [-0.05, 0) is 29.8 Å². The number of ketones is 1. The van der Waals surface area contributed by atoms with Crippen molar-refractivity contribution in [1.82, 2.24) is 9.80 Å². The van der Waals surface area contributed by atoms with Crippen LogP contribution in [-0.2, 0) is 6.54 Å². The number of carbonyl (C=O) groups is 1. The van der Waals surface area contributed by atoms with E-state index in [0.29, 0.717) is 12.3 Å². The standard InChI is InChI=1S/C17H19ClN2O2/c18-15-5-3-14(4-6-15)12-19-7-9-20(10-8-19)13-16(21)17-2-1-11-22-17/h1-6,11H,7-10,12-13H2. The highest BCUT2D eigenvalue weighted by molar-refractivity contribution is 6.30. The molecule has 2 aromatic rings. The molecule has 5 heteroatoms. The highest BCUT2D eigenvalue weighted by Crippen LogP contribution is 2.13. The number of carbonyl (C=O) groups excluding carboxylic acids is 1. The highest BCUT2D eigenvalue weighted by Gasteiger charge is 2.20. The Hall–Kier alpha value is -1.62. The Morgan fingerprint density at radius 3 is 2.36 bits per heavy atom. The predicted molar refractivity (Wildman–Crippen MR) is 86.2 cm³/mol. The van der Waals surface area contributed by atoms with E-state index in [2.05, 4.69) is 21.9 Å². The highest BCUT2D eigenvalue weighted by atomic mass is 35.5. The number of hydrogen-bond donors (Lipinski definition) is 0. The molecule has 0 N–H and O–H groups in total. The lowest BCUT2D eigenvalue weighted by molar-refractivity contribution is 0.0819. The summed E-state index contributed by atoms with van der Waals surface area (Å²) in [6.07, 6.45) is 1.54. The zero-order valence-corrected chi connectivity index (χ0v) is 13.1. The van der Waals surface area contributed by atoms with E-state index in [4.69, 9.17) is 16.0 Å². The zero-order chi connectivity index (χ0) is 15.4. The molecule has 1 fully saturated rings. The first kappa shape index (κ1) is 15.3. The van der Waals surface area contributed by atoms with Gasteiger partial charge in [0.25, 0.3) is 0 Å². The number of benzene rings is 1. The van der Waals surface area contributed by atoms with Crippen LogP contribution in [0.2, 0.25) is 5.02 Å². The van der Waals surface area contributed by atoms with Gasteiger partial charge >= 0.3 is 0 Å². The van der Waals surface area contributed by atoms with Gasteiger partial charge in [-0.15, -0.1) is 0 Å². The second-order valence-electron chi connectivity index (χ2n) is 5.58. The van der Waals surface area contributed by atoms with Crippen molar-refractivity contribution >= 4 is 17.4 Å². The minimum atomic E-state index is 0.0520. The molecule has 0 atom stereocenters. The van der Waals surface area contributed by atoms with Crippen molar-refractivity contribution in [3.05, 3.63) is 59.0 Å². The van der Waals surface area contributed by atoms with Crippen molar-refractivity contribution in [3.63, 3.8) is 0 Å². The summed E-state index contributed by atoms with van der Waals surface area (Å²) in [6.45, 7) is 5.10.